The van der Waals surface area contributed by atoms with E-state index in [1.165, 1.54) is 24.4 Å². The zero-order valence-corrected chi connectivity index (χ0v) is 13.3. The summed E-state index contributed by atoms with van der Waals surface area (Å²) in [6, 6.07) is 7.69. The molecule has 1 amide bonds. The topological polar surface area (TPSA) is 97.4 Å². The Labute approximate surface area is 133 Å². The van der Waals surface area contributed by atoms with Gasteiger partial charge in [0.05, 0.1) is 10.6 Å². The van der Waals surface area contributed by atoms with Crippen LogP contribution in [-0.2, 0) is 14.8 Å². The summed E-state index contributed by atoms with van der Waals surface area (Å²) in [5.74, 6) is 0.349. The number of fused-ring (bicyclic) bond motifs is 1. The number of rotatable bonds is 3. The number of pyridine rings is 1. The molecule has 0 bridgehead atoms. The van der Waals surface area contributed by atoms with Crippen LogP contribution in [0.25, 0.3) is 0 Å². The van der Waals surface area contributed by atoms with Crippen molar-refractivity contribution in [3.8, 4) is 5.75 Å². The number of hydrogen-bond acceptors (Lipinski definition) is 5. The molecule has 120 valence electrons. The molecule has 2 heterocycles. The van der Waals surface area contributed by atoms with Crippen LogP contribution in [0, 0.1) is 6.92 Å². The molecule has 2 aromatic rings. The molecule has 0 aliphatic carbocycles. The van der Waals surface area contributed by atoms with E-state index in [2.05, 4.69) is 15.0 Å². The normalized spacial score (nSPS) is 17.0. The van der Waals surface area contributed by atoms with E-state index in [9.17, 15) is 13.2 Å². The Morgan fingerprint density at radius 1 is 1.26 bits per heavy atom. The summed E-state index contributed by atoms with van der Waals surface area (Å²) < 4.78 is 32.7. The molecule has 7 nitrogen and oxygen atoms in total. The molecule has 1 atom stereocenters. The Morgan fingerprint density at radius 3 is 2.78 bits per heavy atom. The average molecular weight is 333 g/mol. The Bertz CT molecular complexity index is 880. The standard InChI is InChI=1S/C15H15N3O4S/c1-9-5-6-16-14(7-9)18-23(20,21)11-3-4-13-12(8-11)17-15(19)10(2)22-13/h3-8,10H,1-2H3,(H,16,18)(H,17,19). The summed E-state index contributed by atoms with van der Waals surface area (Å²) in [6.07, 6.45) is 0.912. The fourth-order valence-electron chi connectivity index (χ4n) is 2.14. The third-order valence-electron chi connectivity index (χ3n) is 3.35. The van der Waals surface area contributed by atoms with Gasteiger partial charge in [0, 0.05) is 6.20 Å². The van der Waals surface area contributed by atoms with Gasteiger partial charge in [0.25, 0.3) is 15.9 Å². The molecule has 1 aliphatic rings. The molecule has 3 rings (SSSR count). The number of sulfonamides is 1. The van der Waals surface area contributed by atoms with Gasteiger partial charge >= 0.3 is 0 Å². The second kappa shape index (κ2) is 5.54. The monoisotopic (exact) mass is 333 g/mol. The highest BCUT2D eigenvalue weighted by Gasteiger charge is 2.25. The van der Waals surface area contributed by atoms with Crippen LogP contribution in [0.15, 0.2) is 41.4 Å². The molecular formula is C15H15N3O4S. The number of nitrogens with one attached hydrogen (secondary N) is 2. The zero-order chi connectivity index (χ0) is 16.6. The highest BCUT2D eigenvalue weighted by atomic mass is 32.2. The van der Waals surface area contributed by atoms with Gasteiger partial charge in [-0.1, -0.05) is 0 Å². The molecule has 0 saturated carbocycles. The minimum atomic E-state index is -3.81. The molecule has 8 heteroatoms. The first kappa shape index (κ1) is 15.3. The Morgan fingerprint density at radius 2 is 2.04 bits per heavy atom. The smallest absolute Gasteiger partial charge is 0.265 e. The van der Waals surface area contributed by atoms with Crippen LogP contribution < -0.4 is 14.8 Å². The summed E-state index contributed by atoms with van der Waals surface area (Å²) in [5.41, 5.74) is 1.21. The molecule has 1 unspecified atom stereocenters. The van der Waals surface area contributed by atoms with Gasteiger partial charge < -0.3 is 10.1 Å². The van der Waals surface area contributed by atoms with E-state index >= 15 is 0 Å². The second-order valence-corrected chi connectivity index (χ2v) is 6.91. The number of ether oxygens (including phenoxy) is 1. The predicted molar refractivity (Wildman–Crippen MR) is 84.9 cm³/mol. The fraction of sp³-hybridized carbons (Fsp3) is 0.200. The van der Waals surface area contributed by atoms with Crippen molar-refractivity contribution < 1.29 is 17.9 Å². The lowest BCUT2D eigenvalue weighted by Crippen LogP contribution is -2.34. The van der Waals surface area contributed by atoms with Gasteiger partial charge in [0.1, 0.15) is 11.6 Å². The molecule has 0 radical (unpaired) electrons. The number of nitrogens with zero attached hydrogens (tertiary/aromatic N) is 1. The van der Waals surface area contributed by atoms with Gasteiger partial charge in [-0.2, -0.15) is 0 Å². The van der Waals surface area contributed by atoms with Crippen molar-refractivity contribution in [2.75, 3.05) is 10.0 Å². The lowest BCUT2D eigenvalue weighted by molar-refractivity contribution is -0.122. The molecule has 1 aromatic carbocycles. The summed E-state index contributed by atoms with van der Waals surface area (Å²) in [4.78, 5) is 15.6. The van der Waals surface area contributed by atoms with Crippen LogP contribution in [0.4, 0.5) is 11.5 Å². The number of carbonyl (C=O) groups excluding carboxylic acids is 1. The molecular weight excluding hydrogens is 318 g/mol. The quantitative estimate of drug-likeness (QED) is 0.894. The highest BCUT2D eigenvalue weighted by molar-refractivity contribution is 7.92. The van der Waals surface area contributed by atoms with Crippen LogP contribution in [0.2, 0.25) is 0 Å². The van der Waals surface area contributed by atoms with Gasteiger partial charge in [-0.25, -0.2) is 13.4 Å². The Balaban J connectivity index is 1.92. The Hall–Kier alpha value is -2.61. The molecule has 1 aromatic heterocycles. The minimum absolute atomic E-state index is 0.0120. The van der Waals surface area contributed by atoms with E-state index in [4.69, 9.17) is 4.74 Å². The van der Waals surface area contributed by atoms with Crippen LogP contribution in [-0.4, -0.2) is 25.4 Å². The van der Waals surface area contributed by atoms with Crippen molar-refractivity contribution in [3.63, 3.8) is 0 Å². The molecule has 23 heavy (non-hydrogen) atoms. The third kappa shape index (κ3) is 3.11. The lowest BCUT2D eigenvalue weighted by Gasteiger charge is -2.23. The van der Waals surface area contributed by atoms with Gasteiger partial charge in [-0.15, -0.1) is 0 Å². The Kier molecular flexibility index (Phi) is 3.69. The van der Waals surface area contributed by atoms with Gasteiger partial charge in [-0.05, 0) is 49.7 Å². The zero-order valence-electron chi connectivity index (χ0n) is 12.5. The van der Waals surface area contributed by atoms with Crippen LogP contribution in [0.3, 0.4) is 0 Å². The summed E-state index contributed by atoms with van der Waals surface area (Å²) in [5, 5.41) is 2.62. The van der Waals surface area contributed by atoms with E-state index < -0.39 is 16.1 Å². The van der Waals surface area contributed by atoms with Crippen molar-refractivity contribution in [2.45, 2.75) is 24.8 Å². The van der Waals surface area contributed by atoms with Crippen molar-refractivity contribution in [1.29, 1.82) is 0 Å². The van der Waals surface area contributed by atoms with E-state index in [1.807, 2.05) is 6.92 Å². The highest BCUT2D eigenvalue weighted by Crippen LogP contribution is 2.32. The fourth-order valence-corrected chi connectivity index (χ4v) is 3.17. The van der Waals surface area contributed by atoms with Crippen molar-refractivity contribution in [1.82, 2.24) is 4.98 Å². The van der Waals surface area contributed by atoms with E-state index in [1.54, 1.807) is 19.1 Å². The van der Waals surface area contributed by atoms with Crippen LogP contribution in [0.5, 0.6) is 5.75 Å². The number of aromatic nitrogens is 1. The molecule has 0 saturated heterocycles. The second-order valence-electron chi connectivity index (χ2n) is 5.23. The van der Waals surface area contributed by atoms with Crippen molar-refractivity contribution in [2.24, 2.45) is 0 Å². The van der Waals surface area contributed by atoms with E-state index in [-0.39, 0.29) is 16.6 Å². The van der Waals surface area contributed by atoms with Crippen molar-refractivity contribution in [3.05, 3.63) is 42.1 Å². The van der Waals surface area contributed by atoms with E-state index in [0.29, 0.717) is 11.4 Å². The number of anilines is 2. The number of hydrogen-bond donors (Lipinski definition) is 2. The molecule has 1 aliphatic heterocycles. The molecule has 0 fully saturated rings. The maximum Gasteiger partial charge on any atom is 0.265 e. The number of aryl methyl sites for hydroxylation is 1. The summed E-state index contributed by atoms with van der Waals surface area (Å²) in [6.45, 7) is 3.46. The van der Waals surface area contributed by atoms with Crippen LogP contribution in [0.1, 0.15) is 12.5 Å². The largest absolute Gasteiger partial charge is 0.479 e. The average Bonchev–Trinajstić information content (AvgIpc) is 2.47. The molecule has 2 N–H and O–H groups in total. The van der Waals surface area contributed by atoms with Crippen molar-refractivity contribution >= 4 is 27.4 Å². The maximum absolute atomic E-state index is 12.4. The van der Waals surface area contributed by atoms with Gasteiger partial charge in [-0.3, -0.25) is 9.52 Å². The first-order valence-electron chi connectivity index (χ1n) is 6.92. The number of amides is 1. The minimum Gasteiger partial charge on any atom is -0.479 e. The first-order chi connectivity index (χ1) is 10.8. The lowest BCUT2D eigenvalue weighted by atomic mass is 10.2. The predicted octanol–water partition coefficient (Wildman–Crippen LogP) is 1.91. The summed E-state index contributed by atoms with van der Waals surface area (Å²) >= 11 is 0. The number of carbonyl (C=O) groups is 1. The first-order valence-corrected chi connectivity index (χ1v) is 8.40. The van der Waals surface area contributed by atoms with Crippen LogP contribution >= 0.6 is 0 Å². The van der Waals surface area contributed by atoms with Gasteiger partial charge in [0.15, 0.2) is 6.10 Å². The SMILES string of the molecule is Cc1ccnc(NS(=O)(=O)c2ccc3c(c2)NC(=O)C(C)O3)c1. The summed E-state index contributed by atoms with van der Waals surface area (Å²) in [7, 11) is -3.81. The van der Waals surface area contributed by atoms with E-state index in [0.717, 1.165) is 5.56 Å². The third-order valence-corrected chi connectivity index (χ3v) is 4.70. The molecule has 0 spiro atoms. The van der Waals surface area contributed by atoms with Gasteiger partial charge in [0.2, 0.25) is 0 Å². The number of benzene rings is 1. The maximum atomic E-state index is 12.4.